The van der Waals surface area contributed by atoms with Gasteiger partial charge in [0.15, 0.2) is 0 Å². The maximum Gasteiger partial charge on any atom is 0.239 e. The number of ether oxygens (including phenoxy) is 1. The summed E-state index contributed by atoms with van der Waals surface area (Å²) in [5.74, 6) is 1.03. The van der Waals surface area contributed by atoms with Crippen LogP contribution in [0.5, 0.6) is 5.75 Å². The maximum absolute atomic E-state index is 12.4. The summed E-state index contributed by atoms with van der Waals surface area (Å²) in [5.41, 5.74) is 2.65. The van der Waals surface area contributed by atoms with E-state index in [0.717, 1.165) is 51.5 Å². The van der Waals surface area contributed by atoms with Crippen LogP contribution in [0.4, 0.5) is 0 Å². The summed E-state index contributed by atoms with van der Waals surface area (Å²) in [6.45, 7) is 7.22. The highest BCUT2D eigenvalue weighted by Crippen LogP contribution is 2.26. The number of hydrogen-bond acceptors (Lipinski definition) is 5. The average Bonchev–Trinajstić information content (AvgIpc) is 3.11. The molecule has 1 aromatic rings. The standard InChI is InChI=1S/C19H26N4O3/c24-18-13-23(5-4-20-18)19(25)14-22-8-6-21(7-9-22)12-15-1-2-17-16(11-15)3-10-26-17/h1-2,11H,3-10,12-14H2,(H,20,24). The van der Waals surface area contributed by atoms with Gasteiger partial charge in [0.05, 0.1) is 19.7 Å². The summed E-state index contributed by atoms with van der Waals surface area (Å²) in [4.78, 5) is 30.1. The monoisotopic (exact) mass is 358 g/mol. The van der Waals surface area contributed by atoms with E-state index in [-0.39, 0.29) is 18.4 Å². The van der Waals surface area contributed by atoms with Gasteiger partial charge in [0.2, 0.25) is 11.8 Å². The third kappa shape index (κ3) is 3.99. The number of benzene rings is 1. The molecule has 7 nitrogen and oxygen atoms in total. The third-order valence-electron chi connectivity index (χ3n) is 5.37. The highest BCUT2D eigenvalue weighted by molar-refractivity contribution is 5.86. The van der Waals surface area contributed by atoms with Gasteiger partial charge in [-0.3, -0.25) is 19.4 Å². The van der Waals surface area contributed by atoms with Gasteiger partial charge in [-0.1, -0.05) is 12.1 Å². The van der Waals surface area contributed by atoms with E-state index in [4.69, 9.17) is 4.74 Å². The van der Waals surface area contributed by atoms with Gasteiger partial charge in [0, 0.05) is 52.2 Å². The van der Waals surface area contributed by atoms with Crippen LogP contribution >= 0.6 is 0 Å². The molecule has 0 spiro atoms. The Morgan fingerprint density at radius 3 is 2.73 bits per heavy atom. The fourth-order valence-corrected chi connectivity index (χ4v) is 3.84. The Bertz CT molecular complexity index is 685. The van der Waals surface area contributed by atoms with E-state index in [2.05, 4.69) is 33.3 Å². The van der Waals surface area contributed by atoms with Crippen LogP contribution in [0.3, 0.4) is 0 Å². The van der Waals surface area contributed by atoms with Crippen LogP contribution in [0, 0.1) is 0 Å². The normalized spacial score (nSPS) is 21.2. The first kappa shape index (κ1) is 17.3. The molecule has 3 heterocycles. The van der Waals surface area contributed by atoms with Crippen molar-refractivity contribution in [1.82, 2.24) is 20.0 Å². The first-order chi connectivity index (χ1) is 12.7. The van der Waals surface area contributed by atoms with Crippen LogP contribution in [0.1, 0.15) is 11.1 Å². The molecule has 7 heteroatoms. The predicted octanol–water partition coefficient (Wildman–Crippen LogP) is -0.302. The zero-order valence-electron chi connectivity index (χ0n) is 15.1. The molecule has 0 bridgehead atoms. The Kier molecular flexibility index (Phi) is 5.08. The molecule has 2 amide bonds. The minimum atomic E-state index is -0.0610. The van der Waals surface area contributed by atoms with E-state index < -0.39 is 0 Å². The molecule has 3 aliphatic heterocycles. The zero-order valence-corrected chi connectivity index (χ0v) is 15.1. The lowest BCUT2D eigenvalue weighted by Crippen LogP contribution is -2.54. The highest BCUT2D eigenvalue weighted by Gasteiger charge is 2.25. The SMILES string of the molecule is O=C1CN(C(=O)CN2CCN(Cc3ccc4c(c3)CCO4)CC2)CCN1. The molecule has 4 rings (SSSR count). The largest absolute Gasteiger partial charge is 0.493 e. The van der Waals surface area contributed by atoms with Crippen LogP contribution in [-0.2, 0) is 22.6 Å². The van der Waals surface area contributed by atoms with Crippen molar-refractivity contribution >= 4 is 11.8 Å². The van der Waals surface area contributed by atoms with Crippen molar-refractivity contribution in [3.63, 3.8) is 0 Å². The summed E-state index contributed by atoms with van der Waals surface area (Å²) < 4.78 is 5.57. The molecule has 0 aliphatic carbocycles. The molecular formula is C19H26N4O3. The van der Waals surface area contributed by atoms with Crippen molar-refractivity contribution in [2.45, 2.75) is 13.0 Å². The van der Waals surface area contributed by atoms with Crippen LogP contribution < -0.4 is 10.1 Å². The van der Waals surface area contributed by atoms with Crippen LogP contribution in [-0.4, -0.2) is 85.5 Å². The minimum absolute atomic E-state index is 0.0610. The Labute approximate surface area is 153 Å². The molecule has 1 aromatic carbocycles. The lowest BCUT2D eigenvalue weighted by atomic mass is 10.1. The Balaban J connectivity index is 1.24. The molecule has 2 saturated heterocycles. The van der Waals surface area contributed by atoms with E-state index >= 15 is 0 Å². The number of carbonyl (C=O) groups excluding carboxylic acids is 2. The van der Waals surface area contributed by atoms with Crippen LogP contribution in [0.15, 0.2) is 18.2 Å². The van der Waals surface area contributed by atoms with Crippen molar-refractivity contribution in [1.29, 1.82) is 0 Å². The summed E-state index contributed by atoms with van der Waals surface area (Å²) in [7, 11) is 0. The second kappa shape index (κ2) is 7.63. The van der Waals surface area contributed by atoms with Gasteiger partial charge < -0.3 is 15.0 Å². The number of nitrogens with zero attached hydrogens (tertiary/aromatic N) is 3. The second-order valence-electron chi connectivity index (χ2n) is 7.26. The van der Waals surface area contributed by atoms with E-state index in [0.29, 0.717) is 19.6 Å². The smallest absolute Gasteiger partial charge is 0.239 e. The number of hydrogen-bond donors (Lipinski definition) is 1. The number of fused-ring (bicyclic) bond motifs is 1. The van der Waals surface area contributed by atoms with Gasteiger partial charge in [-0.2, -0.15) is 0 Å². The number of nitrogens with one attached hydrogen (secondary N) is 1. The topological polar surface area (TPSA) is 65.1 Å². The first-order valence-electron chi connectivity index (χ1n) is 9.41. The number of carbonyl (C=O) groups is 2. The van der Waals surface area contributed by atoms with Crippen molar-refractivity contribution in [3.05, 3.63) is 29.3 Å². The maximum atomic E-state index is 12.4. The summed E-state index contributed by atoms with van der Waals surface area (Å²) in [6.07, 6.45) is 1.01. The number of rotatable bonds is 4. The van der Waals surface area contributed by atoms with Crippen molar-refractivity contribution in [2.75, 3.05) is 59.0 Å². The lowest BCUT2D eigenvalue weighted by Gasteiger charge is -2.36. The lowest BCUT2D eigenvalue weighted by molar-refractivity contribution is -0.139. The van der Waals surface area contributed by atoms with Gasteiger partial charge >= 0.3 is 0 Å². The molecule has 0 aromatic heterocycles. The molecule has 140 valence electrons. The molecular weight excluding hydrogens is 332 g/mol. The Morgan fingerprint density at radius 1 is 1.12 bits per heavy atom. The highest BCUT2D eigenvalue weighted by atomic mass is 16.5. The fraction of sp³-hybridized carbons (Fsp3) is 0.579. The molecule has 0 unspecified atom stereocenters. The van der Waals surface area contributed by atoms with Gasteiger partial charge in [-0.15, -0.1) is 0 Å². The molecule has 26 heavy (non-hydrogen) atoms. The molecule has 2 fully saturated rings. The van der Waals surface area contributed by atoms with Crippen molar-refractivity contribution in [2.24, 2.45) is 0 Å². The molecule has 1 N–H and O–H groups in total. The Morgan fingerprint density at radius 2 is 1.92 bits per heavy atom. The second-order valence-corrected chi connectivity index (χ2v) is 7.26. The van der Waals surface area contributed by atoms with Crippen LogP contribution in [0.2, 0.25) is 0 Å². The molecule has 0 radical (unpaired) electrons. The summed E-state index contributed by atoms with van der Waals surface area (Å²) >= 11 is 0. The third-order valence-corrected chi connectivity index (χ3v) is 5.37. The number of amides is 2. The molecule has 3 aliphatic rings. The minimum Gasteiger partial charge on any atom is -0.493 e. The van der Waals surface area contributed by atoms with E-state index in [1.165, 1.54) is 11.1 Å². The summed E-state index contributed by atoms with van der Waals surface area (Å²) in [6, 6.07) is 6.50. The van der Waals surface area contributed by atoms with E-state index in [1.807, 2.05) is 0 Å². The Hall–Kier alpha value is -2.12. The number of piperazine rings is 2. The fourth-order valence-electron chi connectivity index (χ4n) is 3.84. The quantitative estimate of drug-likeness (QED) is 0.801. The van der Waals surface area contributed by atoms with Gasteiger partial charge in [-0.05, 0) is 17.2 Å². The van der Waals surface area contributed by atoms with Crippen molar-refractivity contribution in [3.8, 4) is 5.75 Å². The molecule has 0 atom stereocenters. The van der Waals surface area contributed by atoms with E-state index in [1.54, 1.807) is 4.90 Å². The van der Waals surface area contributed by atoms with Crippen molar-refractivity contribution < 1.29 is 14.3 Å². The predicted molar refractivity (Wildman–Crippen MR) is 96.9 cm³/mol. The first-order valence-corrected chi connectivity index (χ1v) is 9.41. The summed E-state index contributed by atoms with van der Waals surface area (Å²) in [5, 5.41) is 2.75. The van der Waals surface area contributed by atoms with E-state index in [9.17, 15) is 9.59 Å². The van der Waals surface area contributed by atoms with Gasteiger partial charge in [0.1, 0.15) is 5.75 Å². The zero-order chi connectivity index (χ0) is 17.9. The van der Waals surface area contributed by atoms with Gasteiger partial charge in [-0.25, -0.2) is 0 Å². The van der Waals surface area contributed by atoms with Gasteiger partial charge in [0.25, 0.3) is 0 Å². The molecule has 0 saturated carbocycles. The average molecular weight is 358 g/mol. The van der Waals surface area contributed by atoms with Crippen LogP contribution in [0.25, 0.3) is 0 Å².